The summed E-state index contributed by atoms with van der Waals surface area (Å²) in [6.45, 7) is 5.08. The van der Waals surface area contributed by atoms with Crippen molar-refractivity contribution in [3.05, 3.63) is 52.3 Å². The minimum absolute atomic E-state index is 0.145. The van der Waals surface area contributed by atoms with Crippen LogP contribution in [0, 0.1) is 6.92 Å². The van der Waals surface area contributed by atoms with Crippen LogP contribution >= 0.6 is 15.9 Å². The number of benzene rings is 1. The van der Waals surface area contributed by atoms with E-state index in [4.69, 9.17) is 0 Å². The number of aryl methyl sites for hydroxylation is 1. The highest BCUT2D eigenvalue weighted by molar-refractivity contribution is 9.10. The molecule has 0 aliphatic heterocycles. The molecule has 1 aromatic carbocycles. The molecule has 0 saturated heterocycles. The molecule has 2 aromatic rings. The van der Waals surface area contributed by atoms with Gasteiger partial charge in [0.2, 0.25) is 0 Å². The Hall–Kier alpha value is -1.88. The highest BCUT2D eigenvalue weighted by atomic mass is 79.9. The van der Waals surface area contributed by atoms with Gasteiger partial charge in [-0.25, -0.2) is 0 Å². The molecule has 4 nitrogen and oxygen atoms in total. The fourth-order valence-corrected chi connectivity index (χ4v) is 2.72. The quantitative estimate of drug-likeness (QED) is 0.799. The number of nitrogens with zero attached hydrogens (tertiary/aromatic N) is 2. The molecule has 0 fully saturated rings. The van der Waals surface area contributed by atoms with Crippen molar-refractivity contribution >= 4 is 33.2 Å². The maximum absolute atomic E-state index is 12.5. The van der Waals surface area contributed by atoms with E-state index >= 15 is 0 Å². The molecule has 0 bridgehead atoms. The lowest BCUT2D eigenvalue weighted by atomic mass is 10.2. The van der Waals surface area contributed by atoms with Crippen LogP contribution in [-0.4, -0.2) is 24.5 Å². The second-order valence-electron chi connectivity index (χ2n) is 5.62. The summed E-state index contributed by atoms with van der Waals surface area (Å²) >= 11 is 3.43. The van der Waals surface area contributed by atoms with Crippen molar-refractivity contribution in [2.75, 3.05) is 23.8 Å². The van der Waals surface area contributed by atoms with Crippen molar-refractivity contribution in [3.63, 3.8) is 0 Å². The van der Waals surface area contributed by atoms with E-state index < -0.39 is 0 Å². The smallest absolute Gasteiger partial charge is 0.257 e. The molecule has 0 spiro atoms. The number of carbonyl (C=O) groups is 1. The van der Waals surface area contributed by atoms with E-state index in [1.165, 1.54) is 0 Å². The van der Waals surface area contributed by atoms with Gasteiger partial charge in [-0.2, -0.15) is 0 Å². The molecule has 0 aliphatic rings. The first-order valence-electron chi connectivity index (χ1n) is 7.75. The minimum atomic E-state index is -0.145. The highest BCUT2D eigenvalue weighted by Crippen LogP contribution is 2.21. The minimum Gasteiger partial charge on any atom is -0.373 e. The summed E-state index contributed by atoms with van der Waals surface area (Å²) in [4.78, 5) is 18.8. The molecule has 0 saturated carbocycles. The van der Waals surface area contributed by atoms with Crippen molar-refractivity contribution in [2.24, 2.45) is 0 Å². The summed E-state index contributed by atoms with van der Waals surface area (Å²) in [7, 11) is 2.02. The van der Waals surface area contributed by atoms with Crippen LogP contribution in [0.25, 0.3) is 0 Å². The Labute approximate surface area is 146 Å². The zero-order valence-corrected chi connectivity index (χ0v) is 15.4. The summed E-state index contributed by atoms with van der Waals surface area (Å²) in [5, 5.41) is 2.94. The Bertz CT molecular complexity index is 688. The van der Waals surface area contributed by atoms with E-state index in [0.717, 1.165) is 40.8 Å². The maximum Gasteiger partial charge on any atom is 0.257 e. The standard InChI is InChI=1S/C18H22BrN3O/c1-4-5-8-22(3)16-10-14(11-20-12-16)18(23)21-17-7-6-15(19)9-13(17)2/h6-7,9-12H,4-5,8H2,1-3H3,(H,21,23). The highest BCUT2D eigenvalue weighted by Gasteiger charge is 2.10. The van der Waals surface area contributed by atoms with Crippen molar-refractivity contribution in [2.45, 2.75) is 26.7 Å². The molecule has 0 aliphatic carbocycles. The molecule has 1 heterocycles. The first-order valence-corrected chi connectivity index (χ1v) is 8.54. The number of carbonyl (C=O) groups excluding carboxylic acids is 1. The molecule has 122 valence electrons. The molecule has 1 amide bonds. The van der Waals surface area contributed by atoms with Crippen LogP contribution < -0.4 is 10.2 Å². The number of halogens is 1. The summed E-state index contributed by atoms with van der Waals surface area (Å²) in [5.41, 5.74) is 3.34. The van der Waals surface area contributed by atoms with Crippen LogP contribution in [0.3, 0.4) is 0 Å². The molecule has 5 heteroatoms. The maximum atomic E-state index is 12.5. The Morgan fingerprint density at radius 1 is 1.30 bits per heavy atom. The molecule has 1 N–H and O–H groups in total. The molecule has 1 aromatic heterocycles. The number of pyridine rings is 1. The predicted molar refractivity (Wildman–Crippen MR) is 99.2 cm³/mol. The van der Waals surface area contributed by atoms with E-state index in [9.17, 15) is 4.79 Å². The lowest BCUT2D eigenvalue weighted by Crippen LogP contribution is -2.20. The fraction of sp³-hybridized carbons (Fsp3) is 0.333. The van der Waals surface area contributed by atoms with Gasteiger partial charge in [-0.15, -0.1) is 0 Å². The van der Waals surface area contributed by atoms with E-state index in [-0.39, 0.29) is 5.91 Å². The first-order chi connectivity index (χ1) is 11.0. The lowest BCUT2D eigenvalue weighted by molar-refractivity contribution is 0.102. The van der Waals surface area contributed by atoms with Gasteiger partial charge in [-0.05, 0) is 43.2 Å². The van der Waals surface area contributed by atoms with E-state index in [1.54, 1.807) is 12.4 Å². The van der Waals surface area contributed by atoms with Gasteiger partial charge in [-0.1, -0.05) is 29.3 Å². The average Bonchev–Trinajstić information content (AvgIpc) is 2.55. The summed E-state index contributed by atoms with van der Waals surface area (Å²) in [5.74, 6) is -0.145. The van der Waals surface area contributed by atoms with Crippen molar-refractivity contribution in [1.29, 1.82) is 0 Å². The van der Waals surface area contributed by atoms with Gasteiger partial charge in [0.15, 0.2) is 0 Å². The number of anilines is 2. The number of nitrogens with one attached hydrogen (secondary N) is 1. The van der Waals surface area contributed by atoms with E-state index in [0.29, 0.717) is 5.56 Å². The number of amides is 1. The number of unbranched alkanes of at least 4 members (excludes halogenated alkanes) is 1. The Morgan fingerprint density at radius 3 is 2.78 bits per heavy atom. The van der Waals surface area contributed by atoms with Gasteiger partial charge in [0, 0.05) is 29.9 Å². The van der Waals surface area contributed by atoms with Gasteiger partial charge in [0.1, 0.15) is 0 Å². The van der Waals surface area contributed by atoms with Crippen LogP contribution in [-0.2, 0) is 0 Å². The lowest BCUT2D eigenvalue weighted by Gasteiger charge is -2.19. The molecular weight excluding hydrogens is 354 g/mol. The fourth-order valence-electron chi connectivity index (χ4n) is 2.25. The number of hydrogen-bond donors (Lipinski definition) is 1. The number of rotatable bonds is 6. The molecule has 0 atom stereocenters. The third-order valence-electron chi connectivity index (χ3n) is 3.71. The summed E-state index contributed by atoms with van der Waals surface area (Å²) < 4.78 is 0.995. The Balaban J connectivity index is 2.13. The van der Waals surface area contributed by atoms with Gasteiger partial charge in [0.05, 0.1) is 17.4 Å². The summed E-state index contributed by atoms with van der Waals surface area (Å²) in [6.07, 6.45) is 5.64. The van der Waals surface area contributed by atoms with Crippen molar-refractivity contribution in [1.82, 2.24) is 4.98 Å². The molecule has 2 rings (SSSR count). The van der Waals surface area contributed by atoms with Crippen LogP contribution in [0.2, 0.25) is 0 Å². The van der Waals surface area contributed by atoms with E-state index in [2.05, 4.69) is 38.1 Å². The molecular formula is C18H22BrN3O. The van der Waals surface area contributed by atoms with Gasteiger partial charge < -0.3 is 10.2 Å². The third-order valence-corrected chi connectivity index (χ3v) is 4.20. The van der Waals surface area contributed by atoms with Crippen molar-refractivity contribution in [3.8, 4) is 0 Å². The van der Waals surface area contributed by atoms with E-state index in [1.807, 2.05) is 38.2 Å². The topological polar surface area (TPSA) is 45.2 Å². The second kappa shape index (κ2) is 8.11. The molecule has 0 radical (unpaired) electrons. The zero-order valence-electron chi connectivity index (χ0n) is 13.8. The summed E-state index contributed by atoms with van der Waals surface area (Å²) in [6, 6.07) is 7.66. The normalized spacial score (nSPS) is 10.4. The Morgan fingerprint density at radius 2 is 2.09 bits per heavy atom. The van der Waals surface area contributed by atoms with Crippen LogP contribution in [0.5, 0.6) is 0 Å². The van der Waals surface area contributed by atoms with Gasteiger partial charge in [-0.3, -0.25) is 9.78 Å². The van der Waals surface area contributed by atoms with Crippen LogP contribution in [0.1, 0.15) is 35.7 Å². The first kappa shape index (κ1) is 17.5. The zero-order chi connectivity index (χ0) is 16.8. The van der Waals surface area contributed by atoms with Gasteiger partial charge >= 0.3 is 0 Å². The second-order valence-corrected chi connectivity index (χ2v) is 6.54. The van der Waals surface area contributed by atoms with Crippen LogP contribution in [0.4, 0.5) is 11.4 Å². The average molecular weight is 376 g/mol. The Kier molecular flexibility index (Phi) is 6.16. The van der Waals surface area contributed by atoms with Gasteiger partial charge in [0.25, 0.3) is 5.91 Å². The monoisotopic (exact) mass is 375 g/mol. The largest absolute Gasteiger partial charge is 0.373 e. The number of aromatic nitrogens is 1. The molecule has 23 heavy (non-hydrogen) atoms. The van der Waals surface area contributed by atoms with Crippen LogP contribution in [0.15, 0.2) is 41.1 Å². The van der Waals surface area contributed by atoms with Crippen molar-refractivity contribution < 1.29 is 4.79 Å². The predicted octanol–water partition coefficient (Wildman–Crippen LogP) is 4.64. The SMILES string of the molecule is CCCCN(C)c1cncc(C(=O)Nc2ccc(Br)cc2C)c1. The number of hydrogen-bond acceptors (Lipinski definition) is 3. The molecule has 0 unspecified atom stereocenters. The third kappa shape index (κ3) is 4.79.